The standard InChI is InChI=1S/C78H50B2N4O2/c1-7-25-51(26-8-1)81(52-27-9-2-10-28-52)57-43-71-77-75(45-57)85-73-49-63-61(47-67(73)79(77)65-39-21-23-41-69(65)83(71)55-33-15-5-16-34-55)59-37-19-20-38-60(59)62-48-68-74(50-64(62)63)86-76-46-58(82(53-29-11-3-12-30-53)54-31-13-4-14-32-54)44-72-78(76)80(68)66-40-22-24-42-70(66)84(72)56-35-17-6-18-36-56/h1-50H. The van der Waals surface area contributed by atoms with E-state index in [0.29, 0.717) is 0 Å². The van der Waals surface area contributed by atoms with E-state index in [9.17, 15) is 0 Å². The van der Waals surface area contributed by atoms with Gasteiger partial charge in [0, 0.05) is 69.0 Å². The molecule has 4 heterocycles. The molecule has 8 heteroatoms. The third-order valence-corrected chi connectivity index (χ3v) is 18.0. The molecule has 18 rings (SSSR count). The number of hydrogen-bond donors (Lipinski definition) is 0. The first-order valence-corrected chi connectivity index (χ1v) is 29.5. The van der Waals surface area contributed by atoms with Crippen molar-refractivity contribution in [3.8, 4) is 23.0 Å². The van der Waals surface area contributed by atoms with Crippen LogP contribution in [-0.2, 0) is 0 Å². The highest BCUT2D eigenvalue weighted by Gasteiger charge is 2.45. The SMILES string of the molecule is c1ccc(N(c2ccccc2)c2cc3c4c(c2)N(c2ccccc2)c2ccccc2B4c2cc4c5ccccc5c5cc6c(cc5c4cc2O3)Oc2cc(N(c3ccccc3)c3ccccc3)cc3c2B6c2ccccc2N3c2ccccc2)cc1. The van der Waals surface area contributed by atoms with E-state index in [4.69, 9.17) is 9.47 Å². The minimum absolute atomic E-state index is 0.130. The first kappa shape index (κ1) is 48.3. The van der Waals surface area contributed by atoms with Crippen molar-refractivity contribution in [1.82, 2.24) is 0 Å². The van der Waals surface area contributed by atoms with Gasteiger partial charge in [-0.05, 0) is 174 Å². The van der Waals surface area contributed by atoms with Crippen LogP contribution in [0.3, 0.4) is 0 Å². The van der Waals surface area contributed by atoms with Crippen LogP contribution in [0.1, 0.15) is 0 Å². The van der Waals surface area contributed by atoms with Gasteiger partial charge in [-0.25, -0.2) is 0 Å². The zero-order valence-corrected chi connectivity index (χ0v) is 46.6. The minimum atomic E-state index is -0.130. The fourth-order valence-corrected chi connectivity index (χ4v) is 14.5. The summed E-state index contributed by atoms with van der Waals surface area (Å²) >= 11 is 0. The maximum absolute atomic E-state index is 7.57. The van der Waals surface area contributed by atoms with Gasteiger partial charge in [0.15, 0.2) is 0 Å². The normalized spacial score (nSPS) is 13.0. The lowest BCUT2D eigenvalue weighted by Gasteiger charge is -2.41. The molecule has 0 aliphatic carbocycles. The summed E-state index contributed by atoms with van der Waals surface area (Å²) < 4.78 is 15.1. The molecular weight excluding hydrogens is 1050 g/mol. The molecule has 0 atom stereocenters. The second kappa shape index (κ2) is 19.2. The van der Waals surface area contributed by atoms with Gasteiger partial charge in [-0.3, -0.25) is 0 Å². The maximum Gasteiger partial charge on any atom is 0.256 e. The van der Waals surface area contributed by atoms with E-state index < -0.39 is 0 Å². The third-order valence-electron chi connectivity index (χ3n) is 18.0. The topological polar surface area (TPSA) is 31.4 Å². The molecule has 0 saturated heterocycles. The molecule has 0 unspecified atom stereocenters. The Morgan fingerprint density at radius 1 is 0.233 bits per heavy atom. The van der Waals surface area contributed by atoms with Gasteiger partial charge in [-0.1, -0.05) is 182 Å². The number of hydrogen-bond acceptors (Lipinski definition) is 6. The summed E-state index contributed by atoms with van der Waals surface area (Å²) in [6.07, 6.45) is 0. The molecule has 0 amide bonds. The van der Waals surface area contributed by atoms with E-state index in [1.807, 2.05) is 0 Å². The Balaban J connectivity index is 0.875. The van der Waals surface area contributed by atoms with Gasteiger partial charge in [-0.15, -0.1) is 0 Å². The molecule has 4 aliphatic rings. The fourth-order valence-electron chi connectivity index (χ4n) is 14.5. The van der Waals surface area contributed by atoms with Gasteiger partial charge in [-0.2, -0.15) is 0 Å². The number of para-hydroxylation sites is 8. The lowest BCUT2D eigenvalue weighted by molar-refractivity contribution is 0.487. The predicted octanol–water partition coefficient (Wildman–Crippen LogP) is 16.9. The van der Waals surface area contributed by atoms with Crippen LogP contribution in [0, 0.1) is 0 Å². The molecule has 86 heavy (non-hydrogen) atoms. The van der Waals surface area contributed by atoms with Crippen molar-refractivity contribution in [3.05, 3.63) is 303 Å². The monoisotopic (exact) mass is 1100 g/mol. The van der Waals surface area contributed by atoms with Crippen molar-refractivity contribution in [3.63, 3.8) is 0 Å². The van der Waals surface area contributed by atoms with Crippen molar-refractivity contribution in [2.45, 2.75) is 0 Å². The molecule has 0 fully saturated rings. The molecular formula is C78H50B2N4O2. The van der Waals surface area contributed by atoms with E-state index in [0.717, 1.165) is 124 Å². The Bertz CT molecular complexity index is 4640. The molecule has 0 radical (unpaired) electrons. The molecule has 0 N–H and O–H groups in total. The number of fused-ring (bicyclic) bond motifs is 14. The van der Waals surface area contributed by atoms with E-state index in [1.165, 1.54) is 32.5 Å². The molecule has 0 bridgehead atoms. The number of anilines is 12. The van der Waals surface area contributed by atoms with Crippen LogP contribution in [0.5, 0.6) is 23.0 Å². The van der Waals surface area contributed by atoms with Gasteiger partial charge in [0.2, 0.25) is 0 Å². The minimum Gasteiger partial charge on any atom is -0.458 e. The Kier molecular flexibility index (Phi) is 10.8. The first-order chi connectivity index (χ1) is 42.7. The van der Waals surface area contributed by atoms with Crippen molar-refractivity contribution in [2.24, 2.45) is 0 Å². The Morgan fingerprint density at radius 3 is 0.919 bits per heavy atom. The summed E-state index contributed by atoms with van der Waals surface area (Å²) in [6, 6.07) is 110. The average Bonchev–Trinajstić information content (AvgIpc) is 0.733. The van der Waals surface area contributed by atoms with Crippen LogP contribution in [-0.4, -0.2) is 13.4 Å². The summed E-state index contributed by atoms with van der Waals surface area (Å²) in [5, 5.41) is 6.93. The number of rotatable bonds is 8. The summed E-state index contributed by atoms with van der Waals surface area (Å²) in [5.74, 6) is 3.34. The van der Waals surface area contributed by atoms with Crippen LogP contribution in [0.25, 0.3) is 32.3 Å². The number of nitrogens with zero attached hydrogens (tertiary/aromatic N) is 4. The highest BCUT2D eigenvalue weighted by Crippen LogP contribution is 2.50. The molecule has 400 valence electrons. The van der Waals surface area contributed by atoms with Crippen LogP contribution in [0.2, 0.25) is 0 Å². The van der Waals surface area contributed by atoms with Crippen LogP contribution in [0.15, 0.2) is 303 Å². The zero-order valence-electron chi connectivity index (χ0n) is 46.6. The number of benzene rings is 14. The largest absolute Gasteiger partial charge is 0.458 e. The molecule has 4 aliphatic heterocycles. The van der Waals surface area contributed by atoms with Crippen molar-refractivity contribution < 1.29 is 9.47 Å². The summed E-state index contributed by atoms with van der Waals surface area (Å²) in [4.78, 5) is 9.54. The molecule has 0 saturated carbocycles. The van der Waals surface area contributed by atoms with Gasteiger partial charge in [0.25, 0.3) is 13.4 Å². The molecule has 0 spiro atoms. The second-order valence-corrected chi connectivity index (χ2v) is 22.7. The predicted molar refractivity (Wildman–Crippen MR) is 360 cm³/mol. The molecule has 6 nitrogen and oxygen atoms in total. The van der Waals surface area contributed by atoms with E-state index in [1.54, 1.807) is 0 Å². The summed E-state index contributed by atoms with van der Waals surface area (Å²) in [7, 11) is 0. The molecule has 14 aromatic carbocycles. The summed E-state index contributed by atoms with van der Waals surface area (Å²) in [6.45, 7) is -0.260. The van der Waals surface area contributed by atoms with Gasteiger partial charge < -0.3 is 29.1 Å². The second-order valence-electron chi connectivity index (χ2n) is 22.7. The Labute approximate surface area is 499 Å². The number of ether oxygens (including phenoxy) is 2. The zero-order chi connectivity index (χ0) is 56.4. The van der Waals surface area contributed by atoms with E-state index in [-0.39, 0.29) is 13.4 Å². The quantitative estimate of drug-likeness (QED) is 0.111. The smallest absolute Gasteiger partial charge is 0.256 e. The molecule has 14 aromatic rings. The Morgan fingerprint density at radius 2 is 0.547 bits per heavy atom. The summed E-state index contributed by atoms with van der Waals surface area (Å²) in [5.41, 5.74) is 19.9. The van der Waals surface area contributed by atoms with Gasteiger partial charge in [0.05, 0.1) is 11.4 Å². The van der Waals surface area contributed by atoms with Gasteiger partial charge in [0.1, 0.15) is 23.0 Å². The molecule has 0 aromatic heterocycles. The van der Waals surface area contributed by atoms with Crippen molar-refractivity contribution in [1.29, 1.82) is 0 Å². The van der Waals surface area contributed by atoms with Crippen LogP contribution in [0.4, 0.5) is 68.2 Å². The maximum atomic E-state index is 7.57. The highest BCUT2D eigenvalue weighted by atomic mass is 16.5. The third kappa shape index (κ3) is 7.36. The van der Waals surface area contributed by atoms with Crippen molar-refractivity contribution in [2.75, 3.05) is 19.6 Å². The van der Waals surface area contributed by atoms with Crippen LogP contribution < -0.4 is 61.9 Å². The highest BCUT2D eigenvalue weighted by molar-refractivity contribution is 7.00. The van der Waals surface area contributed by atoms with Crippen LogP contribution >= 0.6 is 0 Å². The first-order valence-electron chi connectivity index (χ1n) is 29.5. The fraction of sp³-hybridized carbons (Fsp3) is 0. The van der Waals surface area contributed by atoms with E-state index in [2.05, 4.69) is 323 Å². The lowest BCUT2D eigenvalue weighted by Crippen LogP contribution is -2.59. The Hall–Kier alpha value is -11.2. The van der Waals surface area contributed by atoms with Gasteiger partial charge >= 0.3 is 0 Å². The van der Waals surface area contributed by atoms with E-state index >= 15 is 0 Å². The average molecular weight is 1100 g/mol. The van der Waals surface area contributed by atoms with Crippen molar-refractivity contribution >= 4 is 147 Å². The lowest BCUT2D eigenvalue weighted by atomic mass is 9.34.